The average molecular weight is 976 g/mol. The maximum atomic E-state index is 12.7. The van der Waals surface area contributed by atoms with Crippen molar-refractivity contribution < 1.29 is 37.6 Å². The second-order valence-corrected chi connectivity index (χ2v) is 18.1. The van der Waals surface area contributed by atoms with Crippen LogP contribution in [0, 0.1) is 0 Å². The van der Waals surface area contributed by atoms with E-state index < -0.39 is 32.5 Å². The Morgan fingerprint density at radius 3 is 1.12 bits per heavy atom. The van der Waals surface area contributed by atoms with Crippen LogP contribution in [0.15, 0.2) is 146 Å². The normalized spacial score (nSPS) is 14.3. The fourth-order valence-corrected chi connectivity index (χ4v) is 7.17. The number of hydrogen-bond donors (Lipinski definition) is 2. The number of nitrogens with two attached hydrogens (primary N) is 1. The zero-order valence-electron chi connectivity index (χ0n) is 43.0. The molecule has 0 saturated carbocycles. The summed E-state index contributed by atoms with van der Waals surface area (Å²) in [5.74, 6) is -0.887. The van der Waals surface area contributed by atoms with E-state index in [0.29, 0.717) is 12.8 Å². The summed E-state index contributed by atoms with van der Waals surface area (Å²) >= 11 is 0. The lowest BCUT2D eigenvalue weighted by Crippen LogP contribution is -2.29. The van der Waals surface area contributed by atoms with E-state index in [1.165, 1.54) is 0 Å². The molecule has 0 saturated heterocycles. The van der Waals surface area contributed by atoms with Crippen molar-refractivity contribution in [3.05, 3.63) is 146 Å². The zero-order chi connectivity index (χ0) is 50.2. The van der Waals surface area contributed by atoms with Gasteiger partial charge in [-0.3, -0.25) is 18.6 Å². The van der Waals surface area contributed by atoms with Crippen LogP contribution in [0.2, 0.25) is 0 Å². The molecule has 0 aliphatic rings. The van der Waals surface area contributed by atoms with E-state index in [9.17, 15) is 19.0 Å². The van der Waals surface area contributed by atoms with Crippen LogP contribution in [0.3, 0.4) is 0 Å². The molecule has 388 valence electrons. The van der Waals surface area contributed by atoms with Crippen LogP contribution in [0.5, 0.6) is 0 Å². The quantitative estimate of drug-likeness (QED) is 0.0264. The first kappa shape index (κ1) is 64.9. The number of phosphoric acid groups is 1. The predicted molar refractivity (Wildman–Crippen MR) is 293 cm³/mol. The van der Waals surface area contributed by atoms with Gasteiger partial charge in [0.1, 0.15) is 6.61 Å². The molecule has 0 radical (unpaired) electrons. The van der Waals surface area contributed by atoms with Gasteiger partial charge in [-0.25, -0.2) is 4.57 Å². The molecule has 0 aromatic rings. The lowest BCUT2D eigenvalue weighted by Gasteiger charge is -2.19. The maximum absolute atomic E-state index is 12.7. The van der Waals surface area contributed by atoms with E-state index in [1.807, 2.05) is 0 Å². The molecule has 9 nitrogen and oxygen atoms in total. The number of phosphoric ester groups is 1. The first-order chi connectivity index (χ1) is 33.8. The molecule has 10 heteroatoms. The van der Waals surface area contributed by atoms with Gasteiger partial charge in [0.05, 0.1) is 13.2 Å². The number of allylic oxidation sites excluding steroid dienone is 24. The number of esters is 2. The highest BCUT2D eigenvalue weighted by atomic mass is 31.2. The Kier molecular flexibility index (Phi) is 50.1. The molecule has 2 unspecified atom stereocenters. The summed E-state index contributed by atoms with van der Waals surface area (Å²) in [6.07, 6.45) is 75.9. The summed E-state index contributed by atoms with van der Waals surface area (Å²) in [7, 11) is -4.41. The average Bonchev–Trinajstić information content (AvgIpc) is 3.34. The highest BCUT2D eigenvalue weighted by Gasteiger charge is 2.26. The summed E-state index contributed by atoms with van der Waals surface area (Å²) in [5.41, 5.74) is 5.37. The third-order valence-electron chi connectivity index (χ3n) is 10.2. The molecule has 0 aliphatic carbocycles. The lowest BCUT2D eigenvalue weighted by atomic mass is 10.1. The first-order valence-corrected chi connectivity index (χ1v) is 27.8. The van der Waals surface area contributed by atoms with E-state index in [-0.39, 0.29) is 32.6 Å². The Morgan fingerprint density at radius 2 is 0.754 bits per heavy atom. The molecule has 2 atom stereocenters. The zero-order valence-corrected chi connectivity index (χ0v) is 43.9. The standard InChI is InChI=1S/C59H94NO8P/c1-3-5-7-9-11-13-15-17-19-21-23-25-26-27-28-29-30-32-34-36-38-40-42-44-46-48-50-52-59(62)68-57(56-67-69(63,64)66-54-53-60)55-65-58(61)51-49-47-45-43-41-39-37-35-33-31-24-22-20-18-16-14-12-10-8-6-4-2/h5-8,11-14,17-20,23-25,27-28,30-32,35-38,57H,3-4,9-10,15-16,21-22,26,29,33-34,39-56,60H2,1-2H3,(H,63,64)/b7-5-,8-6-,13-11-,14-12-,19-17-,20-18-,25-23-,28-27-,31-24-,32-30-,37-35-,38-36-. The van der Waals surface area contributed by atoms with Crippen molar-refractivity contribution in [2.45, 2.75) is 187 Å². The minimum atomic E-state index is -4.41. The molecule has 0 fully saturated rings. The first-order valence-electron chi connectivity index (χ1n) is 26.3. The van der Waals surface area contributed by atoms with Crippen LogP contribution in [0.4, 0.5) is 0 Å². The smallest absolute Gasteiger partial charge is 0.462 e. The molecule has 0 aromatic carbocycles. The molecule has 0 bridgehead atoms. The van der Waals surface area contributed by atoms with Gasteiger partial charge in [-0.2, -0.15) is 0 Å². The Balaban J connectivity index is 4.18. The van der Waals surface area contributed by atoms with Crippen LogP contribution < -0.4 is 5.73 Å². The number of ether oxygens (including phenoxy) is 2. The van der Waals surface area contributed by atoms with E-state index in [4.69, 9.17) is 24.3 Å². The van der Waals surface area contributed by atoms with Crippen molar-refractivity contribution >= 4 is 19.8 Å². The number of hydrogen-bond acceptors (Lipinski definition) is 8. The Hall–Kier alpha value is -4.11. The van der Waals surface area contributed by atoms with Crippen LogP contribution in [-0.4, -0.2) is 49.3 Å². The van der Waals surface area contributed by atoms with Gasteiger partial charge in [0.15, 0.2) is 6.10 Å². The van der Waals surface area contributed by atoms with Gasteiger partial charge in [-0.1, -0.05) is 198 Å². The van der Waals surface area contributed by atoms with Crippen LogP contribution >= 0.6 is 7.82 Å². The van der Waals surface area contributed by atoms with E-state index in [0.717, 1.165) is 141 Å². The molecule has 0 rings (SSSR count). The highest BCUT2D eigenvalue weighted by Crippen LogP contribution is 2.43. The largest absolute Gasteiger partial charge is 0.472 e. The predicted octanol–water partition coefficient (Wildman–Crippen LogP) is 16.4. The summed E-state index contributed by atoms with van der Waals surface area (Å²) < 4.78 is 32.9. The van der Waals surface area contributed by atoms with Crippen molar-refractivity contribution in [2.24, 2.45) is 5.73 Å². The summed E-state index contributed by atoms with van der Waals surface area (Å²) in [4.78, 5) is 35.1. The third-order valence-corrected chi connectivity index (χ3v) is 11.2. The molecule has 69 heavy (non-hydrogen) atoms. The SMILES string of the molecule is CC/C=C\C/C=C\C/C=C\C/C=C\C/C=C\C/C=C\C/C=C\CCCCCCCC(=O)OC(COC(=O)CCCCCCC/C=C\C/C=C\C/C=C\C/C=C\C/C=C\CC)COP(=O)(O)OCCN. The summed E-state index contributed by atoms with van der Waals surface area (Å²) in [6, 6.07) is 0. The fraction of sp³-hybridized carbons (Fsp3) is 0.559. The van der Waals surface area contributed by atoms with Crippen molar-refractivity contribution in [3.63, 3.8) is 0 Å². The van der Waals surface area contributed by atoms with E-state index >= 15 is 0 Å². The van der Waals surface area contributed by atoms with Gasteiger partial charge in [0.2, 0.25) is 0 Å². The molecule has 3 N–H and O–H groups in total. The van der Waals surface area contributed by atoms with Crippen molar-refractivity contribution in [1.29, 1.82) is 0 Å². The second kappa shape index (κ2) is 53.2. The number of unbranched alkanes of at least 4 members (excludes halogenated alkanes) is 10. The summed E-state index contributed by atoms with van der Waals surface area (Å²) in [6.45, 7) is 3.44. The van der Waals surface area contributed by atoms with Crippen LogP contribution in [0.1, 0.15) is 181 Å². The van der Waals surface area contributed by atoms with Crippen molar-refractivity contribution in [1.82, 2.24) is 0 Å². The maximum Gasteiger partial charge on any atom is 0.472 e. The molecular formula is C59H94NO8P. The highest BCUT2D eigenvalue weighted by molar-refractivity contribution is 7.47. The minimum Gasteiger partial charge on any atom is -0.462 e. The Morgan fingerprint density at radius 1 is 0.435 bits per heavy atom. The van der Waals surface area contributed by atoms with Crippen LogP contribution in [0.25, 0.3) is 0 Å². The van der Waals surface area contributed by atoms with E-state index in [2.05, 4.69) is 160 Å². The fourth-order valence-electron chi connectivity index (χ4n) is 6.40. The van der Waals surface area contributed by atoms with Crippen molar-refractivity contribution in [2.75, 3.05) is 26.4 Å². The molecule has 0 aromatic heterocycles. The summed E-state index contributed by atoms with van der Waals surface area (Å²) in [5, 5.41) is 0. The minimum absolute atomic E-state index is 0.0377. The Labute approximate surface area is 420 Å². The number of rotatable bonds is 47. The molecule has 0 heterocycles. The van der Waals surface area contributed by atoms with Gasteiger partial charge in [0.25, 0.3) is 0 Å². The Bertz CT molecular complexity index is 1630. The van der Waals surface area contributed by atoms with Gasteiger partial charge >= 0.3 is 19.8 Å². The van der Waals surface area contributed by atoms with Gasteiger partial charge < -0.3 is 20.1 Å². The second-order valence-electron chi connectivity index (χ2n) is 16.6. The topological polar surface area (TPSA) is 134 Å². The van der Waals surface area contributed by atoms with Crippen LogP contribution in [-0.2, 0) is 32.7 Å². The molecule has 0 aliphatic heterocycles. The number of carbonyl (C=O) groups is 2. The third kappa shape index (κ3) is 53.1. The molecule has 0 amide bonds. The van der Waals surface area contributed by atoms with Crippen molar-refractivity contribution in [3.8, 4) is 0 Å². The monoisotopic (exact) mass is 976 g/mol. The van der Waals surface area contributed by atoms with Gasteiger partial charge in [-0.15, -0.1) is 0 Å². The molecular weight excluding hydrogens is 882 g/mol. The lowest BCUT2D eigenvalue weighted by molar-refractivity contribution is -0.161. The van der Waals surface area contributed by atoms with Gasteiger partial charge in [-0.05, 0) is 116 Å². The van der Waals surface area contributed by atoms with Gasteiger partial charge in [0, 0.05) is 19.4 Å². The van der Waals surface area contributed by atoms with E-state index in [1.54, 1.807) is 0 Å². The number of carbonyl (C=O) groups excluding carboxylic acids is 2. The molecule has 0 spiro atoms.